The van der Waals surface area contributed by atoms with E-state index in [1.165, 1.54) is 0 Å². The normalized spacial score (nSPS) is 15.5. The molecule has 1 aliphatic rings. The molecule has 1 aliphatic heterocycles. The second kappa shape index (κ2) is 2.69. The van der Waals surface area contributed by atoms with E-state index in [0.29, 0.717) is 0 Å². The third kappa shape index (κ3) is 1.52. The molecule has 4 heteroatoms. The van der Waals surface area contributed by atoms with Crippen LogP contribution in [0.1, 0.15) is 0 Å². The Morgan fingerprint density at radius 2 is 1.50 bits per heavy atom. The second-order valence-electron chi connectivity index (χ2n) is 1.12. The predicted molar refractivity (Wildman–Crippen MR) is 22.5 cm³/mol. The Bertz CT molecular complexity index is 136. The Labute approximate surface area is 58.0 Å². The summed E-state index contributed by atoms with van der Waals surface area (Å²) in [5.74, 6) is -0.907. The molecule has 41 valence electrons. The summed E-state index contributed by atoms with van der Waals surface area (Å²) in [6.45, 7) is 0. The Balaban J connectivity index is 0.000000490. The Morgan fingerprint density at radius 1 is 1.12 bits per heavy atom. The van der Waals surface area contributed by atoms with Crippen LogP contribution in [0.3, 0.4) is 0 Å². The van der Waals surface area contributed by atoms with Gasteiger partial charge in [0.15, 0.2) is 0 Å². The molecule has 0 unspecified atom stereocenters. The van der Waals surface area contributed by atoms with Crippen LogP contribution in [0.15, 0.2) is 12.2 Å². The number of rotatable bonds is 0. The minimum absolute atomic E-state index is 0. The molecule has 8 heavy (non-hydrogen) atoms. The maximum absolute atomic E-state index is 9.98. The van der Waals surface area contributed by atoms with Gasteiger partial charge < -0.3 is 14.9 Å². The first-order valence-electron chi connectivity index (χ1n) is 1.77. The molecule has 0 bridgehead atoms. The summed E-state index contributed by atoms with van der Waals surface area (Å²) < 4.78 is 0. The van der Waals surface area contributed by atoms with Crippen LogP contribution in [0, 0.1) is 0 Å². The van der Waals surface area contributed by atoms with Crippen LogP contribution >= 0.6 is 0 Å². The minimum atomic E-state index is -0.454. The van der Waals surface area contributed by atoms with Gasteiger partial charge in [-0.05, 0) is 12.2 Å². The third-order valence-corrected chi connectivity index (χ3v) is 0.589. The van der Waals surface area contributed by atoms with Crippen molar-refractivity contribution in [3.8, 4) is 0 Å². The molecule has 0 aromatic carbocycles. The molecule has 0 N–H and O–H groups in total. The SMILES string of the molecule is O=C1C=CC(=O)[N-]1.[V]. The quantitative estimate of drug-likeness (QED) is 0.452. The minimum Gasteiger partial charge on any atom is -0.589 e. The van der Waals surface area contributed by atoms with Gasteiger partial charge in [0, 0.05) is 18.6 Å². The molecule has 1 radical (unpaired) electrons. The smallest absolute Gasteiger partial charge is 0.0803 e. The van der Waals surface area contributed by atoms with E-state index in [9.17, 15) is 9.59 Å². The van der Waals surface area contributed by atoms with E-state index in [2.05, 4.69) is 5.32 Å². The summed E-state index contributed by atoms with van der Waals surface area (Å²) >= 11 is 0. The van der Waals surface area contributed by atoms with Gasteiger partial charge in [0.25, 0.3) is 0 Å². The molecular formula is C4H2NO2V-. The van der Waals surface area contributed by atoms with E-state index >= 15 is 0 Å². The Hall–Kier alpha value is -0.536. The third-order valence-electron chi connectivity index (χ3n) is 0.589. The molecule has 0 atom stereocenters. The fourth-order valence-corrected chi connectivity index (χ4v) is 0.326. The van der Waals surface area contributed by atoms with Gasteiger partial charge in [-0.3, -0.25) is 0 Å². The maximum atomic E-state index is 9.98. The number of carbonyl (C=O) groups excluding carboxylic acids is 2. The number of hydrogen-bond donors (Lipinski definition) is 0. The molecule has 1 heterocycles. The number of carbonyl (C=O) groups is 2. The van der Waals surface area contributed by atoms with Crippen molar-refractivity contribution in [1.82, 2.24) is 0 Å². The van der Waals surface area contributed by atoms with Crippen molar-refractivity contribution in [3.05, 3.63) is 17.5 Å². The molecule has 0 fully saturated rings. The molecular weight excluding hydrogens is 145 g/mol. The van der Waals surface area contributed by atoms with Crippen LogP contribution < -0.4 is 0 Å². The zero-order chi connectivity index (χ0) is 5.28. The van der Waals surface area contributed by atoms with Crippen molar-refractivity contribution in [2.75, 3.05) is 0 Å². The van der Waals surface area contributed by atoms with Crippen molar-refractivity contribution in [1.29, 1.82) is 0 Å². The largest absolute Gasteiger partial charge is 0.589 e. The summed E-state index contributed by atoms with van der Waals surface area (Å²) in [6, 6.07) is 0. The van der Waals surface area contributed by atoms with Gasteiger partial charge in [-0.1, -0.05) is 0 Å². The zero-order valence-electron chi connectivity index (χ0n) is 3.87. The first kappa shape index (κ1) is 7.46. The summed E-state index contributed by atoms with van der Waals surface area (Å²) in [4.78, 5) is 20.0. The number of nitrogens with zero attached hydrogens (tertiary/aromatic N) is 1. The van der Waals surface area contributed by atoms with Crippen molar-refractivity contribution in [3.63, 3.8) is 0 Å². The molecule has 0 aromatic heterocycles. The van der Waals surface area contributed by atoms with Crippen LogP contribution in [0.25, 0.3) is 5.32 Å². The van der Waals surface area contributed by atoms with Crippen molar-refractivity contribution < 1.29 is 28.1 Å². The molecule has 0 saturated heterocycles. The monoisotopic (exact) mass is 147 g/mol. The molecule has 0 aromatic rings. The van der Waals surface area contributed by atoms with Gasteiger partial charge >= 0.3 is 0 Å². The van der Waals surface area contributed by atoms with Crippen molar-refractivity contribution in [2.45, 2.75) is 0 Å². The average molecular weight is 147 g/mol. The first-order chi connectivity index (χ1) is 3.29. The molecule has 0 aliphatic carbocycles. The Kier molecular flexibility index (Phi) is 2.51. The predicted octanol–water partition coefficient (Wildman–Crippen LogP) is -0.0194. The topological polar surface area (TPSA) is 48.2 Å². The van der Waals surface area contributed by atoms with E-state index in [-0.39, 0.29) is 18.6 Å². The summed E-state index contributed by atoms with van der Waals surface area (Å²) in [7, 11) is 0. The number of imide groups is 1. The fraction of sp³-hybridized carbons (Fsp3) is 0. The van der Waals surface area contributed by atoms with E-state index < -0.39 is 11.8 Å². The van der Waals surface area contributed by atoms with Crippen molar-refractivity contribution >= 4 is 11.8 Å². The van der Waals surface area contributed by atoms with Crippen LogP contribution in [0.4, 0.5) is 0 Å². The van der Waals surface area contributed by atoms with E-state index in [4.69, 9.17) is 0 Å². The average Bonchev–Trinajstić information content (AvgIpc) is 1.87. The van der Waals surface area contributed by atoms with Crippen LogP contribution in [0.5, 0.6) is 0 Å². The fourth-order valence-electron chi connectivity index (χ4n) is 0.326. The number of hydrogen-bond acceptors (Lipinski definition) is 2. The standard InChI is InChI=1S/C4H3NO2.V/c6-3-1-2-4(7)5-3;/h1-2H,(H,5,6,7);/p-1. The van der Waals surface area contributed by atoms with Gasteiger partial charge in [-0.2, -0.15) is 0 Å². The summed E-state index contributed by atoms with van der Waals surface area (Å²) in [6.07, 6.45) is 2.28. The summed E-state index contributed by atoms with van der Waals surface area (Å²) in [5.41, 5.74) is 0. The molecule has 1 rings (SSSR count). The second-order valence-corrected chi connectivity index (χ2v) is 1.12. The zero-order valence-corrected chi connectivity index (χ0v) is 5.26. The van der Waals surface area contributed by atoms with Crippen LogP contribution in [-0.2, 0) is 28.1 Å². The van der Waals surface area contributed by atoms with E-state index in [1.54, 1.807) is 0 Å². The van der Waals surface area contributed by atoms with Gasteiger partial charge in [-0.25, -0.2) is 0 Å². The first-order valence-corrected chi connectivity index (χ1v) is 1.77. The van der Waals surface area contributed by atoms with Crippen LogP contribution in [-0.4, -0.2) is 11.8 Å². The number of amides is 2. The molecule has 0 spiro atoms. The van der Waals surface area contributed by atoms with Crippen molar-refractivity contribution in [2.24, 2.45) is 0 Å². The maximum Gasteiger partial charge on any atom is 0.0803 e. The summed E-state index contributed by atoms with van der Waals surface area (Å²) in [5, 5.41) is 3.00. The molecule has 0 saturated carbocycles. The Morgan fingerprint density at radius 3 is 1.62 bits per heavy atom. The van der Waals surface area contributed by atoms with Gasteiger partial charge in [0.1, 0.15) is 0 Å². The van der Waals surface area contributed by atoms with E-state index in [0.717, 1.165) is 12.2 Å². The van der Waals surface area contributed by atoms with E-state index in [1.807, 2.05) is 0 Å². The van der Waals surface area contributed by atoms with Crippen LogP contribution in [0.2, 0.25) is 0 Å². The van der Waals surface area contributed by atoms with Gasteiger partial charge in [0.2, 0.25) is 0 Å². The molecule has 2 amide bonds. The van der Waals surface area contributed by atoms with Gasteiger partial charge in [0.05, 0.1) is 11.8 Å². The molecule has 3 nitrogen and oxygen atoms in total. The van der Waals surface area contributed by atoms with Gasteiger partial charge in [-0.15, -0.1) is 0 Å².